The Kier molecular flexibility index (Phi) is 5.46. The lowest BCUT2D eigenvalue weighted by molar-refractivity contribution is -0.129. The quantitative estimate of drug-likeness (QED) is 0.422. The standard InChI is InChI=1S/C27H26Cl2N2O2/c1-16-10-11-22-26(2,3)27(22,15-16)25(32)30-12-6-7-17-13-18(28)14-21-23(17)33-24(31-21)19-8-4-5-9-20(19)29/h4-5,8-9,13-14,16,22H,10-12,15H2,1-3H3,(H,30,32). The Labute approximate surface area is 204 Å². The Balaban J connectivity index is 1.36. The molecule has 1 N–H and O–H groups in total. The summed E-state index contributed by atoms with van der Waals surface area (Å²) in [5.74, 6) is 7.78. The van der Waals surface area contributed by atoms with E-state index in [1.807, 2.05) is 18.2 Å². The van der Waals surface area contributed by atoms with E-state index in [9.17, 15) is 4.79 Å². The normalized spacial score (nSPS) is 25.1. The van der Waals surface area contributed by atoms with Crippen LogP contribution in [-0.2, 0) is 4.79 Å². The van der Waals surface area contributed by atoms with Crippen molar-refractivity contribution >= 4 is 40.2 Å². The number of carbonyl (C=O) groups is 1. The lowest BCUT2D eigenvalue weighted by atomic mass is 9.80. The van der Waals surface area contributed by atoms with Gasteiger partial charge in [-0.3, -0.25) is 4.79 Å². The minimum absolute atomic E-state index is 0.0589. The molecule has 6 heteroatoms. The van der Waals surface area contributed by atoms with Crippen molar-refractivity contribution in [2.45, 2.75) is 40.0 Å². The second kappa shape index (κ2) is 8.08. The second-order valence-corrected chi connectivity index (χ2v) is 10.8. The predicted octanol–water partition coefficient (Wildman–Crippen LogP) is 6.73. The van der Waals surface area contributed by atoms with E-state index in [0.717, 1.165) is 12.8 Å². The first-order chi connectivity index (χ1) is 15.7. The fraction of sp³-hybridized carbons (Fsp3) is 0.407. The SMILES string of the molecule is CC1CCC2C(C)(C)C2(C(=O)NCC#Cc2cc(Cl)cc3nc(-c4ccccc4Cl)oc23)C1. The molecule has 4 nitrogen and oxygen atoms in total. The highest BCUT2D eigenvalue weighted by molar-refractivity contribution is 6.33. The number of fused-ring (bicyclic) bond motifs is 2. The minimum Gasteiger partial charge on any atom is -0.435 e. The fourth-order valence-electron chi connectivity index (χ4n) is 5.89. The average molecular weight is 481 g/mol. The highest BCUT2D eigenvalue weighted by Gasteiger charge is 2.75. The van der Waals surface area contributed by atoms with Crippen LogP contribution in [0.3, 0.4) is 0 Å². The Morgan fingerprint density at radius 1 is 1.24 bits per heavy atom. The van der Waals surface area contributed by atoms with Gasteiger partial charge in [0.1, 0.15) is 5.52 Å². The monoisotopic (exact) mass is 480 g/mol. The summed E-state index contributed by atoms with van der Waals surface area (Å²) < 4.78 is 6.01. The van der Waals surface area contributed by atoms with Crippen molar-refractivity contribution in [3.63, 3.8) is 0 Å². The Hall–Kier alpha value is -2.48. The van der Waals surface area contributed by atoms with Crippen molar-refractivity contribution in [3.05, 3.63) is 52.0 Å². The van der Waals surface area contributed by atoms with Gasteiger partial charge in [-0.2, -0.15) is 0 Å². The van der Waals surface area contributed by atoms with Crippen molar-refractivity contribution in [2.75, 3.05) is 6.54 Å². The van der Waals surface area contributed by atoms with Crippen LogP contribution in [0.25, 0.3) is 22.6 Å². The molecule has 3 atom stereocenters. The summed E-state index contributed by atoms with van der Waals surface area (Å²) >= 11 is 12.6. The van der Waals surface area contributed by atoms with E-state index < -0.39 is 0 Å². The van der Waals surface area contributed by atoms with Gasteiger partial charge in [0.05, 0.1) is 28.1 Å². The van der Waals surface area contributed by atoms with Crippen molar-refractivity contribution in [3.8, 4) is 23.3 Å². The summed E-state index contributed by atoms with van der Waals surface area (Å²) in [5, 5.41) is 4.15. The van der Waals surface area contributed by atoms with Gasteiger partial charge in [-0.15, -0.1) is 0 Å². The lowest BCUT2D eigenvalue weighted by Gasteiger charge is -2.26. The van der Waals surface area contributed by atoms with Crippen LogP contribution in [0.4, 0.5) is 0 Å². The topological polar surface area (TPSA) is 55.1 Å². The average Bonchev–Trinajstić information content (AvgIpc) is 3.05. The molecule has 5 rings (SSSR count). The first-order valence-corrected chi connectivity index (χ1v) is 12.1. The number of benzene rings is 2. The van der Waals surface area contributed by atoms with E-state index in [2.05, 4.69) is 42.9 Å². The summed E-state index contributed by atoms with van der Waals surface area (Å²) in [6, 6.07) is 10.9. The number of nitrogens with one attached hydrogen (secondary N) is 1. The van der Waals surface area contributed by atoms with Crippen molar-refractivity contribution in [1.82, 2.24) is 10.3 Å². The third-order valence-corrected chi connectivity index (χ3v) is 8.22. The molecule has 3 aromatic rings. The molecule has 0 radical (unpaired) electrons. The van der Waals surface area contributed by atoms with E-state index in [4.69, 9.17) is 27.6 Å². The molecule has 0 spiro atoms. The summed E-state index contributed by atoms with van der Waals surface area (Å²) in [7, 11) is 0. The van der Waals surface area contributed by atoms with Gasteiger partial charge >= 0.3 is 0 Å². The molecule has 2 saturated carbocycles. The summed E-state index contributed by atoms with van der Waals surface area (Å²) in [4.78, 5) is 17.7. The first kappa shape index (κ1) is 22.3. The molecule has 0 saturated heterocycles. The second-order valence-electron chi connectivity index (χ2n) is 9.92. The number of rotatable bonds is 3. The molecular weight excluding hydrogens is 455 g/mol. The van der Waals surface area contributed by atoms with E-state index in [-0.39, 0.29) is 23.3 Å². The van der Waals surface area contributed by atoms with E-state index >= 15 is 0 Å². The van der Waals surface area contributed by atoms with Gasteiger partial charge in [0, 0.05) is 5.02 Å². The zero-order chi connectivity index (χ0) is 23.4. The summed E-state index contributed by atoms with van der Waals surface area (Å²) in [5.41, 5.74) is 2.32. The molecule has 33 heavy (non-hydrogen) atoms. The Morgan fingerprint density at radius 3 is 2.82 bits per heavy atom. The number of oxazole rings is 1. The maximum atomic E-state index is 13.2. The van der Waals surface area contributed by atoms with Gasteiger partial charge in [-0.1, -0.05) is 74.4 Å². The maximum absolute atomic E-state index is 13.2. The van der Waals surface area contributed by atoms with Gasteiger partial charge in [-0.05, 0) is 54.4 Å². The van der Waals surface area contributed by atoms with Crippen LogP contribution in [0.15, 0.2) is 40.8 Å². The van der Waals surface area contributed by atoms with E-state index in [0.29, 0.717) is 50.0 Å². The smallest absolute Gasteiger partial charge is 0.228 e. The van der Waals surface area contributed by atoms with Crippen LogP contribution in [0.1, 0.15) is 45.6 Å². The van der Waals surface area contributed by atoms with Gasteiger partial charge < -0.3 is 9.73 Å². The third-order valence-electron chi connectivity index (χ3n) is 7.68. The summed E-state index contributed by atoms with van der Waals surface area (Å²) in [6.45, 7) is 6.98. The minimum atomic E-state index is -0.246. The molecule has 2 aliphatic carbocycles. The molecule has 2 aliphatic rings. The van der Waals surface area contributed by atoms with Crippen LogP contribution in [0.2, 0.25) is 10.0 Å². The molecule has 170 valence electrons. The van der Waals surface area contributed by atoms with Gasteiger partial charge in [-0.25, -0.2) is 4.98 Å². The van der Waals surface area contributed by atoms with Gasteiger partial charge in [0.25, 0.3) is 0 Å². The zero-order valence-corrected chi connectivity index (χ0v) is 20.5. The van der Waals surface area contributed by atoms with Gasteiger partial charge in [0.15, 0.2) is 5.58 Å². The van der Waals surface area contributed by atoms with Crippen LogP contribution >= 0.6 is 23.2 Å². The number of amides is 1. The maximum Gasteiger partial charge on any atom is 0.228 e. The molecule has 0 aliphatic heterocycles. The van der Waals surface area contributed by atoms with E-state index in [1.54, 1.807) is 18.2 Å². The molecule has 3 unspecified atom stereocenters. The number of nitrogens with zero attached hydrogens (tertiary/aromatic N) is 1. The summed E-state index contributed by atoms with van der Waals surface area (Å²) in [6.07, 6.45) is 3.30. The number of hydrogen-bond donors (Lipinski definition) is 1. The van der Waals surface area contributed by atoms with Crippen molar-refractivity contribution in [1.29, 1.82) is 0 Å². The number of carbonyl (C=O) groups excluding carboxylic acids is 1. The van der Waals surface area contributed by atoms with Crippen molar-refractivity contribution < 1.29 is 9.21 Å². The highest BCUT2D eigenvalue weighted by Crippen LogP contribution is 2.75. The number of aromatic nitrogens is 1. The molecule has 0 bridgehead atoms. The van der Waals surface area contributed by atoms with Crippen LogP contribution in [0.5, 0.6) is 0 Å². The molecule has 1 heterocycles. The predicted molar refractivity (Wildman–Crippen MR) is 132 cm³/mol. The van der Waals surface area contributed by atoms with Crippen molar-refractivity contribution in [2.24, 2.45) is 22.7 Å². The third kappa shape index (κ3) is 3.63. The molecular formula is C27H26Cl2N2O2. The molecule has 1 amide bonds. The zero-order valence-electron chi connectivity index (χ0n) is 19.0. The Morgan fingerprint density at radius 2 is 2.03 bits per heavy atom. The number of hydrogen-bond acceptors (Lipinski definition) is 3. The Bertz CT molecular complexity index is 1320. The van der Waals surface area contributed by atoms with Crippen LogP contribution < -0.4 is 5.32 Å². The molecule has 2 fully saturated rings. The first-order valence-electron chi connectivity index (χ1n) is 11.4. The fourth-order valence-corrected chi connectivity index (χ4v) is 6.32. The molecule has 1 aromatic heterocycles. The number of halogens is 2. The largest absolute Gasteiger partial charge is 0.435 e. The highest BCUT2D eigenvalue weighted by atomic mass is 35.5. The van der Waals surface area contributed by atoms with Crippen LogP contribution in [-0.4, -0.2) is 17.4 Å². The van der Waals surface area contributed by atoms with Crippen LogP contribution in [0, 0.1) is 34.5 Å². The van der Waals surface area contributed by atoms with E-state index in [1.165, 1.54) is 6.42 Å². The molecule has 2 aromatic carbocycles. The lowest BCUT2D eigenvalue weighted by Crippen LogP contribution is -2.37. The van der Waals surface area contributed by atoms with Gasteiger partial charge in [0.2, 0.25) is 11.8 Å².